The predicted molar refractivity (Wildman–Crippen MR) is 51.6 cm³/mol. The molecule has 0 saturated carbocycles. The zero-order valence-electron chi connectivity index (χ0n) is 6.89. The minimum Gasteiger partial charge on any atom is -0.268 e. The molecular weight excluding hydrogens is 206 g/mol. The summed E-state index contributed by atoms with van der Waals surface area (Å²) in [5.74, 6) is 0. The van der Waals surface area contributed by atoms with E-state index in [4.69, 9.17) is 10.4 Å². The summed E-state index contributed by atoms with van der Waals surface area (Å²) in [6.45, 7) is 1.94. The van der Waals surface area contributed by atoms with Crippen molar-refractivity contribution in [3.8, 4) is 6.07 Å². The molecule has 0 aliphatic carbocycles. The molecule has 0 unspecified atom stereocenters. The topological polar surface area (TPSA) is 88.5 Å². The quantitative estimate of drug-likeness (QED) is 0.590. The van der Waals surface area contributed by atoms with Gasteiger partial charge in [-0.05, 0) is 33.4 Å². The number of hydrogen-bond donors (Lipinski definition) is 1. The summed E-state index contributed by atoms with van der Waals surface area (Å²) in [7, 11) is 2.36. The van der Waals surface area contributed by atoms with Crippen LogP contribution in [0.5, 0.6) is 0 Å². The summed E-state index contributed by atoms with van der Waals surface area (Å²) in [6.07, 6.45) is 0.715. The Morgan fingerprint density at radius 3 is 2.85 bits per heavy atom. The lowest BCUT2D eigenvalue weighted by Crippen LogP contribution is -2.00. The second-order valence-corrected chi connectivity index (χ2v) is 3.90. The number of aryl methyl sites for hydroxylation is 1. The van der Waals surface area contributed by atoms with Gasteiger partial charge in [0.1, 0.15) is 6.07 Å². The maximum Gasteiger partial charge on any atom is 0.181 e. The number of aromatic nitrogens is 3. The van der Waals surface area contributed by atoms with Crippen LogP contribution in [-0.2, 0) is 6.42 Å². The van der Waals surface area contributed by atoms with Crippen molar-refractivity contribution in [3.05, 3.63) is 11.4 Å². The molecule has 5 nitrogen and oxygen atoms in total. The molecule has 1 aromatic rings. The summed E-state index contributed by atoms with van der Waals surface area (Å²) in [5, 5.41) is 24.9. The van der Waals surface area contributed by atoms with E-state index in [2.05, 4.69) is 15.4 Å². The maximum atomic E-state index is 8.72. The van der Waals surface area contributed by atoms with E-state index in [1.165, 1.54) is 10.8 Å². The Kier molecular flexibility index (Phi) is 3.95. The van der Waals surface area contributed by atoms with Crippen LogP contribution in [0.4, 0.5) is 0 Å². The molecule has 1 heterocycles. The normalized spacial score (nSPS) is 9.62. The van der Waals surface area contributed by atoms with Crippen LogP contribution < -0.4 is 5.14 Å². The number of hydrogen-bond acceptors (Lipinski definition) is 7. The standard InChI is InChI=1S/C6H7N5S2/c1-2-4-6(12-13-8)5(3-7)10-11-9-4/h2,8H2,1H3. The first-order valence-electron chi connectivity index (χ1n) is 3.49. The van der Waals surface area contributed by atoms with Crippen molar-refractivity contribution in [2.45, 2.75) is 18.2 Å². The Labute approximate surface area is 83.6 Å². The minimum atomic E-state index is 0.287. The van der Waals surface area contributed by atoms with Gasteiger partial charge in [-0.25, -0.2) is 0 Å². The lowest BCUT2D eigenvalue weighted by Gasteiger charge is -2.02. The van der Waals surface area contributed by atoms with Crippen molar-refractivity contribution in [1.82, 2.24) is 15.4 Å². The Bertz CT molecular complexity index is 334. The molecule has 0 fully saturated rings. The molecule has 0 aromatic carbocycles. The minimum absolute atomic E-state index is 0.287. The van der Waals surface area contributed by atoms with E-state index >= 15 is 0 Å². The highest BCUT2D eigenvalue weighted by Gasteiger charge is 2.11. The molecule has 0 aliphatic rings. The Balaban J connectivity index is 3.15. The van der Waals surface area contributed by atoms with Gasteiger partial charge in [-0.3, -0.25) is 5.14 Å². The molecule has 0 radical (unpaired) electrons. The number of nitrogens with zero attached hydrogens (tertiary/aromatic N) is 4. The molecule has 68 valence electrons. The zero-order chi connectivity index (χ0) is 9.68. The van der Waals surface area contributed by atoms with Crippen LogP contribution >= 0.6 is 21.8 Å². The highest BCUT2D eigenvalue weighted by Crippen LogP contribution is 2.30. The van der Waals surface area contributed by atoms with Crippen LogP contribution in [-0.4, -0.2) is 15.4 Å². The van der Waals surface area contributed by atoms with Gasteiger partial charge < -0.3 is 0 Å². The summed E-state index contributed by atoms with van der Waals surface area (Å²) < 4.78 is 0. The molecule has 0 aliphatic heterocycles. The van der Waals surface area contributed by atoms with Crippen molar-refractivity contribution in [3.63, 3.8) is 0 Å². The third-order valence-electron chi connectivity index (χ3n) is 1.36. The van der Waals surface area contributed by atoms with Crippen LogP contribution in [0, 0.1) is 11.3 Å². The van der Waals surface area contributed by atoms with Crippen molar-refractivity contribution in [1.29, 1.82) is 5.26 Å². The van der Waals surface area contributed by atoms with Gasteiger partial charge in [-0.15, -0.1) is 10.2 Å². The van der Waals surface area contributed by atoms with E-state index in [9.17, 15) is 0 Å². The molecule has 7 heteroatoms. The van der Waals surface area contributed by atoms with Gasteiger partial charge in [0, 0.05) is 0 Å². The third-order valence-corrected chi connectivity index (χ3v) is 2.84. The second-order valence-electron chi connectivity index (χ2n) is 2.06. The first kappa shape index (κ1) is 10.2. The second kappa shape index (κ2) is 5.01. The highest BCUT2D eigenvalue weighted by molar-refractivity contribution is 8.75. The predicted octanol–water partition coefficient (Wildman–Crippen LogP) is 0.920. The van der Waals surface area contributed by atoms with Crippen molar-refractivity contribution < 1.29 is 0 Å². The van der Waals surface area contributed by atoms with Crippen LogP contribution in [0.15, 0.2) is 4.90 Å². The summed E-state index contributed by atoms with van der Waals surface area (Å²) in [5.41, 5.74) is 1.05. The molecule has 13 heavy (non-hydrogen) atoms. The SMILES string of the molecule is CCc1nnnc(C#N)c1SSN. The zero-order valence-corrected chi connectivity index (χ0v) is 8.52. The summed E-state index contributed by atoms with van der Waals surface area (Å²) >= 11 is 0. The van der Waals surface area contributed by atoms with Gasteiger partial charge >= 0.3 is 0 Å². The molecule has 0 saturated heterocycles. The van der Waals surface area contributed by atoms with Crippen molar-refractivity contribution in [2.24, 2.45) is 5.14 Å². The molecule has 2 N–H and O–H groups in total. The summed E-state index contributed by atoms with van der Waals surface area (Å²) in [6, 6.07) is 1.95. The van der Waals surface area contributed by atoms with Gasteiger partial charge in [0.15, 0.2) is 5.69 Å². The Morgan fingerprint density at radius 2 is 2.31 bits per heavy atom. The van der Waals surface area contributed by atoms with Gasteiger partial charge in [-0.2, -0.15) is 5.26 Å². The number of nitriles is 1. The maximum absolute atomic E-state index is 8.72. The average molecular weight is 213 g/mol. The van der Waals surface area contributed by atoms with E-state index in [1.807, 2.05) is 13.0 Å². The highest BCUT2D eigenvalue weighted by atomic mass is 33.1. The van der Waals surface area contributed by atoms with Crippen molar-refractivity contribution in [2.75, 3.05) is 0 Å². The Hall–Kier alpha value is -0.840. The van der Waals surface area contributed by atoms with Crippen LogP contribution in [0.3, 0.4) is 0 Å². The monoisotopic (exact) mass is 213 g/mol. The van der Waals surface area contributed by atoms with E-state index in [0.29, 0.717) is 11.3 Å². The molecule has 0 bridgehead atoms. The smallest absolute Gasteiger partial charge is 0.181 e. The fourth-order valence-corrected chi connectivity index (χ4v) is 2.15. The fraction of sp³-hybridized carbons (Fsp3) is 0.333. The lowest BCUT2D eigenvalue weighted by atomic mass is 10.3. The van der Waals surface area contributed by atoms with E-state index < -0.39 is 0 Å². The van der Waals surface area contributed by atoms with Gasteiger partial charge in [0.2, 0.25) is 0 Å². The van der Waals surface area contributed by atoms with Crippen LogP contribution in [0.25, 0.3) is 0 Å². The van der Waals surface area contributed by atoms with Crippen LogP contribution in [0.2, 0.25) is 0 Å². The first-order chi connectivity index (χ1) is 6.33. The fourth-order valence-electron chi connectivity index (χ4n) is 0.789. The first-order valence-corrected chi connectivity index (χ1v) is 5.70. The van der Waals surface area contributed by atoms with E-state index in [0.717, 1.165) is 16.7 Å². The summed E-state index contributed by atoms with van der Waals surface area (Å²) in [4.78, 5) is 0.715. The van der Waals surface area contributed by atoms with Gasteiger partial charge in [-0.1, -0.05) is 6.92 Å². The molecule has 0 amide bonds. The number of rotatable bonds is 3. The van der Waals surface area contributed by atoms with Crippen molar-refractivity contribution >= 4 is 21.8 Å². The molecule has 0 spiro atoms. The molecule has 0 atom stereocenters. The number of nitrogens with two attached hydrogens (primary N) is 1. The van der Waals surface area contributed by atoms with E-state index in [-0.39, 0.29) is 5.69 Å². The molecule has 1 aromatic heterocycles. The van der Waals surface area contributed by atoms with Crippen LogP contribution in [0.1, 0.15) is 18.3 Å². The third kappa shape index (κ3) is 2.30. The van der Waals surface area contributed by atoms with Gasteiger partial charge in [0.05, 0.1) is 10.6 Å². The van der Waals surface area contributed by atoms with Gasteiger partial charge in [0.25, 0.3) is 0 Å². The lowest BCUT2D eigenvalue weighted by molar-refractivity contribution is 0.769. The Morgan fingerprint density at radius 1 is 1.54 bits per heavy atom. The van der Waals surface area contributed by atoms with E-state index in [1.54, 1.807) is 0 Å². The largest absolute Gasteiger partial charge is 0.268 e. The molecule has 1 rings (SSSR count). The molecular formula is C6H7N5S2. The average Bonchev–Trinajstić information content (AvgIpc) is 2.18.